The lowest BCUT2D eigenvalue weighted by molar-refractivity contribution is -0.122. The van der Waals surface area contributed by atoms with Gasteiger partial charge in [-0.05, 0) is 68.5 Å². The zero-order valence-electron chi connectivity index (χ0n) is 20.6. The van der Waals surface area contributed by atoms with Gasteiger partial charge in [-0.2, -0.15) is 0 Å². The molecule has 1 heterocycles. The largest absolute Gasteiger partial charge is 0.494 e. The van der Waals surface area contributed by atoms with Gasteiger partial charge >= 0.3 is 0 Å². The number of nitrogens with two attached hydrogens (primary N) is 3. The van der Waals surface area contributed by atoms with Crippen molar-refractivity contribution in [1.82, 2.24) is 10.3 Å². The first-order valence-corrected chi connectivity index (χ1v) is 12.4. The number of nitrogens with one attached hydrogen (secondary N) is 1. The van der Waals surface area contributed by atoms with Crippen LogP contribution in [0.5, 0.6) is 5.75 Å². The first-order chi connectivity index (χ1) is 16.8. The van der Waals surface area contributed by atoms with E-state index in [1.807, 2.05) is 30.3 Å². The average Bonchev–Trinajstić information content (AvgIpc) is 2.83. The number of hydrogen-bond acceptors (Lipinski definition) is 5. The summed E-state index contributed by atoms with van der Waals surface area (Å²) in [6, 6.07) is 11.3. The molecule has 3 rings (SSSR count). The number of fused-ring (bicyclic) bond motifs is 2. The number of aryl methyl sites for hydroxylation is 1. The third-order valence-corrected chi connectivity index (χ3v) is 6.16. The van der Waals surface area contributed by atoms with Crippen LogP contribution in [-0.2, 0) is 4.79 Å². The fourth-order valence-electron chi connectivity index (χ4n) is 3.96. The van der Waals surface area contributed by atoms with E-state index in [1.54, 1.807) is 0 Å². The van der Waals surface area contributed by atoms with E-state index < -0.39 is 6.04 Å². The van der Waals surface area contributed by atoms with Crippen molar-refractivity contribution in [3.63, 3.8) is 0 Å². The Labute approximate surface area is 223 Å². The van der Waals surface area contributed by atoms with E-state index in [9.17, 15) is 4.79 Å². The van der Waals surface area contributed by atoms with Crippen molar-refractivity contribution in [1.29, 1.82) is 0 Å². The lowest BCUT2D eigenvalue weighted by Crippen LogP contribution is -2.41. The zero-order chi connectivity index (χ0) is 25.2. The Morgan fingerprint density at radius 1 is 1.06 bits per heavy atom. The summed E-state index contributed by atoms with van der Waals surface area (Å²) < 4.78 is 5.98. The number of unbranched alkanes of at least 4 members (excludes halogenated alkanes) is 3. The molecule has 36 heavy (non-hydrogen) atoms. The van der Waals surface area contributed by atoms with Crippen LogP contribution in [0.3, 0.4) is 0 Å². The van der Waals surface area contributed by atoms with Crippen molar-refractivity contribution >= 4 is 57.7 Å². The molecule has 0 aliphatic heterocycles. The molecule has 3 aromatic rings. The fraction of sp³-hybridized carbons (Fsp3) is 0.423. The second kappa shape index (κ2) is 14.7. The highest BCUT2D eigenvalue weighted by molar-refractivity contribution is 6.31. The smallest absolute Gasteiger partial charge is 0.236 e. The summed E-state index contributed by atoms with van der Waals surface area (Å²) in [5.74, 6) is 0.768. The molecule has 2 aromatic carbocycles. The number of hydrogen-bond donors (Lipinski definition) is 4. The third kappa shape index (κ3) is 8.69. The molecule has 1 atom stereocenters. The highest BCUT2D eigenvalue weighted by Crippen LogP contribution is 2.29. The Kier molecular flexibility index (Phi) is 12.0. The molecule has 0 bridgehead atoms. The molecule has 1 aromatic heterocycles. The maximum atomic E-state index is 12.0. The summed E-state index contributed by atoms with van der Waals surface area (Å²) in [5, 5.41) is 5.76. The maximum absolute atomic E-state index is 12.0. The molecule has 0 spiro atoms. The summed E-state index contributed by atoms with van der Waals surface area (Å²) in [6.07, 6.45) is 5.12. The maximum Gasteiger partial charge on any atom is 0.236 e. The predicted molar refractivity (Wildman–Crippen MR) is 151 cm³/mol. The quantitative estimate of drug-likeness (QED) is 0.112. The number of benzene rings is 2. The lowest BCUT2D eigenvalue weighted by atomic mass is 10.0. The number of aliphatic imine (C=N–C) groups is 1. The van der Waals surface area contributed by atoms with Gasteiger partial charge in [-0.25, -0.2) is 4.98 Å². The number of nitrogens with zero attached hydrogens (tertiary/aromatic N) is 2. The number of pyridine rings is 1. The summed E-state index contributed by atoms with van der Waals surface area (Å²) >= 11 is 6.12. The van der Waals surface area contributed by atoms with Crippen LogP contribution in [0.2, 0.25) is 5.02 Å². The number of amides is 1. The summed E-state index contributed by atoms with van der Waals surface area (Å²) in [4.78, 5) is 20.6. The number of aromatic nitrogens is 1. The van der Waals surface area contributed by atoms with Crippen molar-refractivity contribution < 1.29 is 9.53 Å². The SMILES string of the molecule is Cc1c2ccc(Cl)cc2nc2ccc(OCCCCCCNC(=O)[C@@H](N)CCCN=C(N)N)cc12.Cl. The molecule has 7 N–H and O–H groups in total. The van der Waals surface area contributed by atoms with Crippen molar-refractivity contribution in [3.05, 3.63) is 47.0 Å². The Morgan fingerprint density at radius 3 is 2.61 bits per heavy atom. The van der Waals surface area contributed by atoms with Crippen LogP contribution in [0, 0.1) is 6.92 Å². The minimum atomic E-state index is -0.533. The van der Waals surface area contributed by atoms with Crippen LogP contribution >= 0.6 is 24.0 Å². The molecule has 0 unspecified atom stereocenters. The molecule has 1 amide bonds. The second-order valence-corrected chi connectivity index (χ2v) is 9.12. The summed E-state index contributed by atoms with van der Waals surface area (Å²) in [7, 11) is 0. The Bertz CT molecular complexity index is 1180. The van der Waals surface area contributed by atoms with E-state index in [4.69, 9.17) is 38.5 Å². The molecular formula is C26H36Cl2N6O2. The fourth-order valence-corrected chi connectivity index (χ4v) is 4.12. The van der Waals surface area contributed by atoms with Gasteiger partial charge in [-0.15, -0.1) is 12.4 Å². The van der Waals surface area contributed by atoms with Gasteiger partial charge in [0, 0.05) is 28.9 Å². The van der Waals surface area contributed by atoms with Gasteiger partial charge in [0.15, 0.2) is 5.96 Å². The van der Waals surface area contributed by atoms with E-state index in [-0.39, 0.29) is 24.3 Å². The number of carbonyl (C=O) groups is 1. The Hall–Kier alpha value is -2.81. The average molecular weight is 536 g/mol. The molecule has 8 nitrogen and oxygen atoms in total. The normalized spacial score (nSPS) is 11.6. The van der Waals surface area contributed by atoms with Crippen LogP contribution in [0.25, 0.3) is 21.8 Å². The van der Waals surface area contributed by atoms with Crippen LogP contribution < -0.4 is 27.3 Å². The monoisotopic (exact) mass is 534 g/mol. The van der Waals surface area contributed by atoms with Crippen LogP contribution in [0.15, 0.2) is 41.4 Å². The molecule has 0 fully saturated rings. The topological polar surface area (TPSA) is 142 Å². The Morgan fingerprint density at radius 2 is 1.83 bits per heavy atom. The first-order valence-electron chi connectivity index (χ1n) is 12.1. The van der Waals surface area contributed by atoms with E-state index >= 15 is 0 Å². The molecule has 10 heteroatoms. The van der Waals surface area contributed by atoms with Gasteiger partial charge in [0.2, 0.25) is 5.91 Å². The van der Waals surface area contributed by atoms with Crippen LogP contribution in [-0.4, -0.2) is 42.6 Å². The van der Waals surface area contributed by atoms with E-state index in [0.717, 1.165) is 53.2 Å². The summed E-state index contributed by atoms with van der Waals surface area (Å²) in [6.45, 7) is 3.85. The highest BCUT2D eigenvalue weighted by Gasteiger charge is 2.12. The van der Waals surface area contributed by atoms with Crippen molar-refractivity contribution in [2.24, 2.45) is 22.2 Å². The second-order valence-electron chi connectivity index (χ2n) is 8.69. The van der Waals surface area contributed by atoms with Crippen molar-refractivity contribution in [2.45, 2.75) is 51.5 Å². The number of carbonyl (C=O) groups excluding carboxylic acids is 1. The van der Waals surface area contributed by atoms with Gasteiger partial charge in [0.05, 0.1) is 23.7 Å². The van der Waals surface area contributed by atoms with E-state index in [1.165, 1.54) is 5.56 Å². The lowest BCUT2D eigenvalue weighted by Gasteiger charge is -2.12. The molecule has 0 aliphatic carbocycles. The van der Waals surface area contributed by atoms with Gasteiger partial charge in [0.1, 0.15) is 5.75 Å². The minimum Gasteiger partial charge on any atom is -0.494 e. The van der Waals surface area contributed by atoms with E-state index in [0.29, 0.717) is 37.6 Å². The highest BCUT2D eigenvalue weighted by atomic mass is 35.5. The predicted octanol–water partition coefficient (Wildman–Crippen LogP) is 4.21. The number of ether oxygens (including phenoxy) is 1. The summed E-state index contributed by atoms with van der Waals surface area (Å²) in [5.41, 5.74) is 19.4. The number of halogens is 2. The molecule has 0 saturated carbocycles. The number of rotatable bonds is 13. The first kappa shape index (κ1) is 29.4. The zero-order valence-corrected chi connectivity index (χ0v) is 22.2. The van der Waals surface area contributed by atoms with Crippen molar-refractivity contribution in [3.8, 4) is 5.75 Å². The molecule has 0 aliphatic rings. The minimum absolute atomic E-state index is 0. The van der Waals surface area contributed by atoms with Gasteiger partial charge < -0.3 is 27.3 Å². The molecule has 0 saturated heterocycles. The van der Waals surface area contributed by atoms with Gasteiger partial charge in [0.25, 0.3) is 0 Å². The van der Waals surface area contributed by atoms with Crippen LogP contribution in [0.1, 0.15) is 44.1 Å². The van der Waals surface area contributed by atoms with E-state index in [2.05, 4.69) is 23.3 Å². The molecule has 0 radical (unpaired) electrons. The molecular weight excluding hydrogens is 499 g/mol. The third-order valence-electron chi connectivity index (χ3n) is 5.92. The Balaban J connectivity index is 0.00000456. The number of guanidine groups is 1. The van der Waals surface area contributed by atoms with Crippen LogP contribution in [0.4, 0.5) is 0 Å². The molecule has 196 valence electrons. The van der Waals surface area contributed by atoms with Gasteiger partial charge in [-0.1, -0.05) is 30.5 Å². The standard InChI is InChI=1S/C26H35ClN6O2.ClH/c1-17-20-10-8-18(27)15-24(20)33-23-11-9-19(16-21(17)23)35-14-5-3-2-4-12-31-25(34)22(28)7-6-13-32-26(29)30;/h8-11,15-16,22H,2-7,12-14,28H2,1H3,(H,31,34)(H4,29,30,32);1H/t22-;/m0./s1. The van der Waals surface area contributed by atoms with Crippen molar-refractivity contribution in [2.75, 3.05) is 19.7 Å². The van der Waals surface area contributed by atoms with Gasteiger partial charge in [-0.3, -0.25) is 9.79 Å².